The summed E-state index contributed by atoms with van der Waals surface area (Å²) in [6.45, 7) is 2.91. The van der Waals surface area contributed by atoms with E-state index in [0.717, 1.165) is 24.1 Å². The number of hydrogen-bond acceptors (Lipinski definition) is 1. The maximum absolute atomic E-state index is 6.26. The van der Waals surface area contributed by atoms with Crippen LogP contribution in [0.15, 0.2) is 36.4 Å². The largest absolute Gasteiger partial charge is 0.310 e. The number of likely N-dealkylation sites (N-methyl/N-ethyl adjacent to an activating group) is 1. The van der Waals surface area contributed by atoms with Gasteiger partial charge in [0.25, 0.3) is 0 Å². The molecule has 0 aliphatic rings. The number of hydrogen-bond donors (Lipinski definition) is 1. The zero-order valence-electron chi connectivity index (χ0n) is 11.5. The summed E-state index contributed by atoms with van der Waals surface area (Å²) < 4.78 is 0. The summed E-state index contributed by atoms with van der Waals surface area (Å²) in [4.78, 5) is 0. The lowest BCUT2D eigenvalue weighted by Crippen LogP contribution is -2.23. The van der Waals surface area contributed by atoms with Crippen LogP contribution in [0.25, 0.3) is 0 Å². The van der Waals surface area contributed by atoms with Gasteiger partial charge in [-0.3, -0.25) is 0 Å². The highest BCUT2D eigenvalue weighted by Crippen LogP contribution is 2.29. The first kappa shape index (κ1) is 16.9. The van der Waals surface area contributed by atoms with Crippen molar-refractivity contribution in [3.8, 4) is 0 Å². The number of halogens is 4. The molecule has 1 N–H and O–H groups in total. The van der Waals surface area contributed by atoms with Gasteiger partial charge < -0.3 is 5.32 Å². The lowest BCUT2D eigenvalue weighted by atomic mass is 9.98. The fourth-order valence-electron chi connectivity index (χ4n) is 2.19. The molecule has 1 unspecified atom stereocenters. The van der Waals surface area contributed by atoms with Crippen molar-refractivity contribution in [1.82, 2.24) is 5.32 Å². The topological polar surface area (TPSA) is 12.0 Å². The van der Waals surface area contributed by atoms with Crippen molar-refractivity contribution in [2.24, 2.45) is 0 Å². The van der Waals surface area contributed by atoms with E-state index in [-0.39, 0.29) is 6.04 Å². The quantitative estimate of drug-likeness (QED) is 0.668. The Balaban J connectivity index is 2.28. The van der Waals surface area contributed by atoms with Crippen LogP contribution in [-0.4, -0.2) is 6.54 Å². The highest BCUT2D eigenvalue weighted by molar-refractivity contribution is 6.42. The molecule has 0 aromatic heterocycles. The molecular weight excluding hydrogens is 348 g/mol. The normalized spacial score (nSPS) is 12.4. The average molecular weight is 363 g/mol. The van der Waals surface area contributed by atoms with Gasteiger partial charge in [0, 0.05) is 16.1 Å². The Kier molecular flexibility index (Phi) is 6.21. The van der Waals surface area contributed by atoms with Gasteiger partial charge in [-0.2, -0.15) is 0 Å². The SMILES string of the molecule is CCNC(Cc1ccc(Cl)cc1Cl)c1ccc(Cl)c(Cl)c1. The molecule has 0 saturated carbocycles. The standard InChI is InChI=1S/C16H15Cl4N/c1-2-21-16(11-4-6-13(18)15(20)7-11)8-10-3-5-12(17)9-14(10)19/h3-7,9,16,21H,2,8H2,1H3. The van der Waals surface area contributed by atoms with E-state index >= 15 is 0 Å². The minimum absolute atomic E-state index is 0.114. The zero-order chi connectivity index (χ0) is 15.4. The van der Waals surface area contributed by atoms with E-state index in [0.29, 0.717) is 20.1 Å². The van der Waals surface area contributed by atoms with E-state index in [4.69, 9.17) is 46.4 Å². The highest BCUT2D eigenvalue weighted by atomic mass is 35.5. The molecule has 1 atom stereocenters. The van der Waals surface area contributed by atoms with Crippen molar-refractivity contribution in [2.45, 2.75) is 19.4 Å². The van der Waals surface area contributed by atoms with Crippen molar-refractivity contribution in [3.05, 3.63) is 67.6 Å². The minimum atomic E-state index is 0.114. The number of nitrogens with one attached hydrogen (secondary N) is 1. The predicted octanol–water partition coefficient (Wildman–Crippen LogP) is 6.19. The Hall–Kier alpha value is -0.440. The van der Waals surface area contributed by atoms with Crippen LogP contribution in [0.2, 0.25) is 20.1 Å². The molecule has 5 heteroatoms. The molecule has 0 aliphatic carbocycles. The molecule has 0 saturated heterocycles. The van der Waals surface area contributed by atoms with Gasteiger partial charge in [0.15, 0.2) is 0 Å². The van der Waals surface area contributed by atoms with Gasteiger partial charge in [-0.25, -0.2) is 0 Å². The molecule has 0 bridgehead atoms. The van der Waals surface area contributed by atoms with Crippen LogP contribution in [0, 0.1) is 0 Å². The van der Waals surface area contributed by atoms with E-state index in [1.54, 1.807) is 6.07 Å². The van der Waals surface area contributed by atoms with Crippen molar-refractivity contribution in [3.63, 3.8) is 0 Å². The van der Waals surface area contributed by atoms with Crippen LogP contribution < -0.4 is 5.32 Å². The van der Waals surface area contributed by atoms with Gasteiger partial charge in [-0.05, 0) is 48.4 Å². The lowest BCUT2D eigenvalue weighted by Gasteiger charge is -2.20. The Morgan fingerprint density at radius 3 is 2.29 bits per heavy atom. The fourth-order valence-corrected chi connectivity index (χ4v) is 2.98. The Morgan fingerprint density at radius 1 is 0.905 bits per heavy atom. The summed E-state index contributed by atoms with van der Waals surface area (Å²) in [6, 6.07) is 11.4. The Labute approximate surface area is 145 Å². The number of rotatable bonds is 5. The molecule has 112 valence electrons. The Morgan fingerprint density at radius 2 is 1.67 bits per heavy atom. The van der Waals surface area contributed by atoms with Gasteiger partial charge in [0.2, 0.25) is 0 Å². The van der Waals surface area contributed by atoms with E-state index in [1.165, 1.54) is 0 Å². The molecule has 21 heavy (non-hydrogen) atoms. The second kappa shape index (κ2) is 7.71. The predicted molar refractivity (Wildman–Crippen MR) is 93.0 cm³/mol. The monoisotopic (exact) mass is 361 g/mol. The lowest BCUT2D eigenvalue weighted by molar-refractivity contribution is 0.550. The maximum atomic E-state index is 6.26. The molecule has 0 aliphatic heterocycles. The summed E-state index contributed by atoms with van der Waals surface area (Å²) in [6.07, 6.45) is 0.752. The smallest absolute Gasteiger partial charge is 0.0595 e. The first-order valence-electron chi connectivity index (χ1n) is 6.63. The van der Waals surface area contributed by atoms with Crippen molar-refractivity contribution >= 4 is 46.4 Å². The Bertz CT molecular complexity index is 628. The molecule has 0 spiro atoms. The van der Waals surface area contributed by atoms with Gasteiger partial charge >= 0.3 is 0 Å². The van der Waals surface area contributed by atoms with Crippen molar-refractivity contribution < 1.29 is 0 Å². The van der Waals surface area contributed by atoms with Crippen LogP contribution in [0.3, 0.4) is 0 Å². The van der Waals surface area contributed by atoms with E-state index < -0.39 is 0 Å². The maximum Gasteiger partial charge on any atom is 0.0595 e. The summed E-state index contributed by atoms with van der Waals surface area (Å²) >= 11 is 24.3. The van der Waals surface area contributed by atoms with E-state index in [1.807, 2.05) is 30.3 Å². The van der Waals surface area contributed by atoms with E-state index in [9.17, 15) is 0 Å². The molecule has 1 nitrogen and oxygen atoms in total. The van der Waals surface area contributed by atoms with Gasteiger partial charge in [0.1, 0.15) is 0 Å². The van der Waals surface area contributed by atoms with Crippen LogP contribution in [0.1, 0.15) is 24.1 Å². The summed E-state index contributed by atoms with van der Waals surface area (Å²) in [5.74, 6) is 0. The molecule has 0 fully saturated rings. The molecule has 0 amide bonds. The van der Waals surface area contributed by atoms with E-state index in [2.05, 4.69) is 12.2 Å². The second-order valence-corrected chi connectivity index (χ2v) is 6.38. The van der Waals surface area contributed by atoms with Crippen LogP contribution in [0.5, 0.6) is 0 Å². The molecule has 2 aromatic rings. The van der Waals surface area contributed by atoms with Gasteiger partial charge in [-0.15, -0.1) is 0 Å². The molecule has 2 aromatic carbocycles. The van der Waals surface area contributed by atoms with Crippen LogP contribution in [-0.2, 0) is 6.42 Å². The molecule has 2 rings (SSSR count). The third-order valence-electron chi connectivity index (χ3n) is 3.24. The summed E-state index contributed by atoms with van der Waals surface area (Å²) in [5.41, 5.74) is 2.12. The van der Waals surface area contributed by atoms with Crippen molar-refractivity contribution in [1.29, 1.82) is 0 Å². The highest BCUT2D eigenvalue weighted by Gasteiger charge is 2.14. The van der Waals surface area contributed by atoms with Gasteiger partial charge in [0.05, 0.1) is 10.0 Å². The molecule has 0 radical (unpaired) electrons. The third-order valence-corrected chi connectivity index (χ3v) is 4.56. The molecular formula is C16H15Cl4N. The first-order chi connectivity index (χ1) is 10.0. The fraction of sp³-hybridized carbons (Fsp3) is 0.250. The zero-order valence-corrected chi connectivity index (χ0v) is 14.5. The average Bonchev–Trinajstić information content (AvgIpc) is 2.44. The summed E-state index contributed by atoms with van der Waals surface area (Å²) in [7, 11) is 0. The van der Waals surface area contributed by atoms with Gasteiger partial charge in [-0.1, -0.05) is 65.5 Å². The number of benzene rings is 2. The van der Waals surface area contributed by atoms with Crippen molar-refractivity contribution in [2.75, 3.05) is 6.54 Å². The van der Waals surface area contributed by atoms with Crippen LogP contribution in [0.4, 0.5) is 0 Å². The van der Waals surface area contributed by atoms with Crippen LogP contribution >= 0.6 is 46.4 Å². The summed E-state index contributed by atoms with van der Waals surface area (Å²) in [5, 5.41) is 5.86. The second-order valence-electron chi connectivity index (χ2n) is 4.72. The minimum Gasteiger partial charge on any atom is -0.310 e. The molecule has 0 heterocycles. The third kappa shape index (κ3) is 4.51. The first-order valence-corrected chi connectivity index (χ1v) is 8.14.